The summed E-state index contributed by atoms with van der Waals surface area (Å²) in [5.74, 6) is 0.244. The lowest BCUT2D eigenvalue weighted by Crippen LogP contribution is -2.18. The Bertz CT molecular complexity index is 298. The molecule has 0 saturated carbocycles. The summed E-state index contributed by atoms with van der Waals surface area (Å²) in [6.07, 6.45) is 25.1. The minimum absolute atomic E-state index is 0.0932. The van der Waals surface area contributed by atoms with Crippen molar-refractivity contribution >= 4 is 5.97 Å². The predicted molar refractivity (Wildman–Crippen MR) is 124 cm³/mol. The Kier molecular flexibility index (Phi) is 22.3. The van der Waals surface area contributed by atoms with Crippen LogP contribution >= 0.6 is 0 Å². The van der Waals surface area contributed by atoms with Gasteiger partial charge < -0.3 is 4.74 Å². The first kappa shape index (κ1) is 27.5. The number of carbonyl (C=O) groups excluding carboxylic acids is 1. The summed E-state index contributed by atoms with van der Waals surface area (Å²) in [5.41, 5.74) is 0. The van der Waals surface area contributed by atoms with E-state index in [1.165, 1.54) is 109 Å². The highest BCUT2D eigenvalue weighted by molar-refractivity contribution is 5.72. The van der Waals surface area contributed by atoms with E-state index in [1.54, 1.807) is 0 Å². The van der Waals surface area contributed by atoms with Crippen molar-refractivity contribution in [2.45, 2.75) is 149 Å². The molecule has 0 unspecified atom stereocenters. The highest BCUT2D eigenvalue weighted by Gasteiger charge is 2.19. The first-order chi connectivity index (χ1) is 13.8. The molecular formula is C26H52O2. The Balaban J connectivity index is 4.01. The molecule has 0 radical (unpaired) electrons. The summed E-state index contributed by atoms with van der Waals surface area (Å²) >= 11 is 0. The Morgan fingerprint density at radius 2 is 0.893 bits per heavy atom. The van der Waals surface area contributed by atoms with Crippen molar-refractivity contribution in [2.24, 2.45) is 5.92 Å². The average Bonchev–Trinajstić information content (AvgIpc) is 2.70. The molecule has 0 aliphatic carbocycles. The fraction of sp³-hybridized carbons (Fsp3) is 0.962. The molecule has 0 aromatic carbocycles. The maximum absolute atomic E-state index is 12.6. The van der Waals surface area contributed by atoms with Gasteiger partial charge in [0.25, 0.3) is 0 Å². The molecule has 0 rings (SSSR count). The third-order valence-electron chi connectivity index (χ3n) is 5.89. The summed E-state index contributed by atoms with van der Waals surface area (Å²) < 4.78 is 5.66. The van der Waals surface area contributed by atoms with Gasteiger partial charge in [-0.25, -0.2) is 0 Å². The SMILES string of the molecule is CCCCCCCCOC(=O)C(CCCCCCCC)CCCCCCCC. The van der Waals surface area contributed by atoms with Crippen LogP contribution in [-0.2, 0) is 9.53 Å². The standard InChI is InChI=1S/C26H52O2/c1-4-7-10-13-16-19-22-25(23-20-17-14-11-8-5-2)26(27)28-24-21-18-15-12-9-6-3/h25H,4-24H2,1-3H3. The summed E-state index contributed by atoms with van der Waals surface area (Å²) in [5, 5.41) is 0. The zero-order valence-electron chi connectivity index (χ0n) is 19.7. The van der Waals surface area contributed by atoms with Crippen molar-refractivity contribution in [1.29, 1.82) is 0 Å². The van der Waals surface area contributed by atoms with Crippen LogP contribution in [0.1, 0.15) is 149 Å². The molecule has 28 heavy (non-hydrogen) atoms. The van der Waals surface area contributed by atoms with Gasteiger partial charge in [-0.2, -0.15) is 0 Å². The molecular weight excluding hydrogens is 344 g/mol. The van der Waals surface area contributed by atoms with Crippen molar-refractivity contribution in [3.8, 4) is 0 Å². The Morgan fingerprint density at radius 3 is 1.32 bits per heavy atom. The van der Waals surface area contributed by atoms with Crippen molar-refractivity contribution in [3.05, 3.63) is 0 Å². The van der Waals surface area contributed by atoms with Gasteiger partial charge in [-0.05, 0) is 19.3 Å². The maximum Gasteiger partial charge on any atom is 0.308 e. The van der Waals surface area contributed by atoms with Crippen LogP contribution in [0.3, 0.4) is 0 Å². The summed E-state index contributed by atoms with van der Waals surface area (Å²) in [7, 11) is 0. The van der Waals surface area contributed by atoms with Crippen molar-refractivity contribution in [1.82, 2.24) is 0 Å². The minimum atomic E-state index is 0.0932. The Hall–Kier alpha value is -0.530. The largest absolute Gasteiger partial charge is 0.465 e. The molecule has 0 heterocycles. The summed E-state index contributed by atoms with van der Waals surface area (Å²) in [6.45, 7) is 7.40. The van der Waals surface area contributed by atoms with Crippen LogP contribution in [0.2, 0.25) is 0 Å². The number of esters is 1. The second-order valence-electron chi connectivity index (χ2n) is 8.75. The Labute approximate surface area is 177 Å². The molecule has 0 bridgehead atoms. The van der Waals surface area contributed by atoms with Crippen molar-refractivity contribution in [3.63, 3.8) is 0 Å². The van der Waals surface area contributed by atoms with Crippen LogP contribution in [0, 0.1) is 5.92 Å². The molecule has 0 N–H and O–H groups in total. The van der Waals surface area contributed by atoms with Crippen LogP contribution in [0.5, 0.6) is 0 Å². The molecule has 0 aromatic heterocycles. The molecule has 0 fully saturated rings. The fourth-order valence-electron chi connectivity index (χ4n) is 3.90. The molecule has 0 aromatic rings. The summed E-state index contributed by atoms with van der Waals surface area (Å²) in [6, 6.07) is 0. The second kappa shape index (κ2) is 22.8. The first-order valence-corrected chi connectivity index (χ1v) is 12.9. The van der Waals surface area contributed by atoms with Crippen LogP contribution < -0.4 is 0 Å². The van der Waals surface area contributed by atoms with Gasteiger partial charge in [0.1, 0.15) is 0 Å². The normalized spacial score (nSPS) is 11.3. The topological polar surface area (TPSA) is 26.3 Å². The number of hydrogen-bond acceptors (Lipinski definition) is 2. The molecule has 0 spiro atoms. The third-order valence-corrected chi connectivity index (χ3v) is 5.89. The number of ether oxygens (including phenoxy) is 1. The fourth-order valence-corrected chi connectivity index (χ4v) is 3.90. The van der Waals surface area contributed by atoms with E-state index in [0.29, 0.717) is 6.61 Å². The van der Waals surface area contributed by atoms with Gasteiger partial charge in [-0.1, -0.05) is 130 Å². The highest BCUT2D eigenvalue weighted by atomic mass is 16.5. The molecule has 168 valence electrons. The van der Waals surface area contributed by atoms with E-state index >= 15 is 0 Å². The Morgan fingerprint density at radius 1 is 0.536 bits per heavy atom. The predicted octanol–water partition coefficient (Wildman–Crippen LogP) is 9.01. The maximum atomic E-state index is 12.6. The lowest BCUT2D eigenvalue weighted by Gasteiger charge is -2.16. The number of carbonyl (C=O) groups is 1. The zero-order chi connectivity index (χ0) is 20.7. The smallest absolute Gasteiger partial charge is 0.308 e. The van der Waals surface area contributed by atoms with Crippen LogP contribution in [0.15, 0.2) is 0 Å². The minimum Gasteiger partial charge on any atom is -0.465 e. The highest BCUT2D eigenvalue weighted by Crippen LogP contribution is 2.21. The van der Waals surface area contributed by atoms with Crippen molar-refractivity contribution in [2.75, 3.05) is 6.61 Å². The second-order valence-corrected chi connectivity index (χ2v) is 8.75. The van der Waals surface area contributed by atoms with E-state index < -0.39 is 0 Å². The van der Waals surface area contributed by atoms with Gasteiger partial charge in [0.05, 0.1) is 12.5 Å². The molecule has 0 aliphatic rings. The van der Waals surface area contributed by atoms with Gasteiger partial charge in [0.15, 0.2) is 0 Å². The quantitative estimate of drug-likeness (QED) is 0.135. The number of unbranched alkanes of at least 4 members (excludes halogenated alkanes) is 15. The average molecular weight is 397 g/mol. The van der Waals surface area contributed by atoms with E-state index in [0.717, 1.165) is 19.3 Å². The van der Waals surface area contributed by atoms with E-state index in [1.807, 2.05) is 0 Å². The molecule has 0 amide bonds. The first-order valence-electron chi connectivity index (χ1n) is 12.9. The van der Waals surface area contributed by atoms with E-state index in [2.05, 4.69) is 20.8 Å². The van der Waals surface area contributed by atoms with E-state index in [-0.39, 0.29) is 11.9 Å². The third kappa shape index (κ3) is 18.8. The van der Waals surface area contributed by atoms with Gasteiger partial charge in [-0.3, -0.25) is 4.79 Å². The van der Waals surface area contributed by atoms with Crippen LogP contribution in [-0.4, -0.2) is 12.6 Å². The lowest BCUT2D eigenvalue weighted by atomic mass is 9.94. The number of hydrogen-bond donors (Lipinski definition) is 0. The summed E-state index contributed by atoms with van der Waals surface area (Å²) in [4.78, 5) is 12.6. The zero-order valence-corrected chi connectivity index (χ0v) is 19.7. The van der Waals surface area contributed by atoms with Crippen LogP contribution in [0.4, 0.5) is 0 Å². The van der Waals surface area contributed by atoms with Gasteiger partial charge >= 0.3 is 5.97 Å². The number of rotatable bonds is 22. The lowest BCUT2D eigenvalue weighted by molar-refractivity contribution is -0.149. The van der Waals surface area contributed by atoms with Gasteiger partial charge in [-0.15, -0.1) is 0 Å². The molecule has 0 saturated heterocycles. The molecule has 0 aliphatic heterocycles. The van der Waals surface area contributed by atoms with E-state index in [4.69, 9.17) is 4.74 Å². The van der Waals surface area contributed by atoms with Gasteiger partial charge in [0.2, 0.25) is 0 Å². The van der Waals surface area contributed by atoms with Crippen LogP contribution in [0.25, 0.3) is 0 Å². The van der Waals surface area contributed by atoms with Crippen molar-refractivity contribution < 1.29 is 9.53 Å². The van der Waals surface area contributed by atoms with Gasteiger partial charge in [0, 0.05) is 0 Å². The molecule has 0 atom stereocenters. The van der Waals surface area contributed by atoms with E-state index in [9.17, 15) is 4.79 Å². The monoisotopic (exact) mass is 396 g/mol. The molecule has 2 nitrogen and oxygen atoms in total. The molecule has 2 heteroatoms.